The molecule has 0 radical (unpaired) electrons. The first-order valence-corrected chi connectivity index (χ1v) is 6.11. The molecule has 0 aliphatic rings. The van der Waals surface area contributed by atoms with Crippen LogP contribution in [0.15, 0.2) is 23.3 Å². The van der Waals surface area contributed by atoms with E-state index < -0.39 is 0 Å². The lowest BCUT2D eigenvalue weighted by molar-refractivity contribution is -0.123. The molecular weight excluding hydrogens is 252 g/mol. The Balaban J connectivity index is 2.47. The molecule has 1 rings (SSSR count). The van der Waals surface area contributed by atoms with Crippen molar-refractivity contribution in [2.24, 2.45) is 5.10 Å². The van der Waals surface area contributed by atoms with Gasteiger partial charge in [-0.1, -0.05) is 18.5 Å². The Bertz CT molecular complexity index is 458. The molecule has 0 atom stereocenters. The highest BCUT2D eigenvalue weighted by Crippen LogP contribution is 2.21. The Kier molecular flexibility index (Phi) is 5.65. The van der Waals surface area contributed by atoms with Gasteiger partial charge in [-0.05, 0) is 44.0 Å². The molecule has 1 amide bonds. The van der Waals surface area contributed by atoms with Crippen molar-refractivity contribution in [2.45, 2.75) is 27.2 Å². The Hall–Kier alpha value is -1.55. The fourth-order valence-electron chi connectivity index (χ4n) is 1.19. The normalized spacial score (nSPS) is 11.2. The summed E-state index contributed by atoms with van der Waals surface area (Å²) in [6.45, 7) is 5.63. The van der Waals surface area contributed by atoms with Crippen LogP contribution in [0.1, 0.15) is 25.8 Å². The fourth-order valence-corrected chi connectivity index (χ4v) is 1.41. The molecule has 0 spiro atoms. The number of rotatable bonds is 5. The molecule has 4 nitrogen and oxygen atoms in total. The molecule has 1 aromatic rings. The van der Waals surface area contributed by atoms with Crippen LogP contribution in [0, 0.1) is 6.92 Å². The van der Waals surface area contributed by atoms with Crippen molar-refractivity contribution in [1.29, 1.82) is 0 Å². The maximum atomic E-state index is 11.4. The molecule has 0 aliphatic carbocycles. The SMILES string of the molecule is CCC(C)=NNC(=O)COc1ccc(Cl)cc1C. The van der Waals surface area contributed by atoms with Crippen molar-refractivity contribution in [3.05, 3.63) is 28.8 Å². The van der Waals surface area contributed by atoms with Crippen LogP contribution >= 0.6 is 11.6 Å². The highest BCUT2D eigenvalue weighted by molar-refractivity contribution is 6.30. The molecule has 18 heavy (non-hydrogen) atoms. The lowest BCUT2D eigenvalue weighted by Crippen LogP contribution is -2.25. The Morgan fingerprint density at radius 3 is 2.83 bits per heavy atom. The van der Waals surface area contributed by atoms with E-state index in [1.54, 1.807) is 18.2 Å². The largest absolute Gasteiger partial charge is 0.483 e. The van der Waals surface area contributed by atoms with Gasteiger partial charge >= 0.3 is 0 Å². The predicted molar refractivity (Wildman–Crippen MR) is 73.2 cm³/mol. The number of benzene rings is 1. The summed E-state index contributed by atoms with van der Waals surface area (Å²) in [5.74, 6) is 0.364. The van der Waals surface area contributed by atoms with Crippen LogP contribution in [0.25, 0.3) is 0 Å². The van der Waals surface area contributed by atoms with Crippen molar-refractivity contribution in [2.75, 3.05) is 6.61 Å². The van der Waals surface area contributed by atoms with Gasteiger partial charge in [-0.15, -0.1) is 0 Å². The number of nitrogens with zero attached hydrogens (tertiary/aromatic N) is 1. The van der Waals surface area contributed by atoms with Gasteiger partial charge in [0.05, 0.1) is 0 Å². The third-order valence-corrected chi connectivity index (χ3v) is 2.61. The van der Waals surface area contributed by atoms with Crippen LogP contribution in [0.4, 0.5) is 0 Å². The third-order valence-electron chi connectivity index (χ3n) is 2.38. The topological polar surface area (TPSA) is 50.7 Å². The summed E-state index contributed by atoms with van der Waals surface area (Å²) < 4.78 is 5.38. The van der Waals surface area contributed by atoms with E-state index in [1.165, 1.54) is 0 Å². The standard InChI is InChI=1S/C13H17ClN2O2/c1-4-10(3)15-16-13(17)8-18-12-6-5-11(14)7-9(12)2/h5-7H,4,8H2,1-3H3,(H,16,17). The summed E-state index contributed by atoms with van der Waals surface area (Å²) in [6.07, 6.45) is 0.803. The zero-order chi connectivity index (χ0) is 13.5. The number of carbonyl (C=O) groups excluding carboxylic acids is 1. The maximum absolute atomic E-state index is 11.4. The fraction of sp³-hybridized carbons (Fsp3) is 0.385. The summed E-state index contributed by atoms with van der Waals surface area (Å²) in [6, 6.07) is 5.25. The van der Waals surface area contributed by atoms with Gasteiger partial charge < -0.3 is 4.74 Å². The zero-order valence-electron chi connectivity index (χ0n) is 10.8. The first kappa shape index (κ1) is 14.5. The smallest absolute Gasteiger partial charge is 0.277 e. The van der Waals surface area contributed by atoms with E-state index in [-0.39, 0.29) is 12.5 Å². The molecule has 0 heterocycles. The number of hydrogen-bond donors (Lipinski definition) is 1. The average molecular weight is 269 g/mol. The number of halogens is 1. The monoisotopic (exact) mass is 268 g/mol. The van der Waals surface area contributed by atoms with Gasteiger partial charge in [0.2, 0.25) is 0 Å². The first-order chi connectivity index (χ1) is 8.52. The Labute approximate surface area is 112 Å². The molecule has 0 saturated heterocycles. The van der Waals surface area contributed by atoms with E-state index in [0.29, 0.717) is 10.8 Å². The van der Waals surface area contributed by atoms with Crippen molar-refractivity contribution in [3.8, 4) is 5.75 Å². The number of hydrogen-bond acceptors (Lipinski definition) is 3. The van der Waals surface area contributed by atoms with Crippen molar-refractivity contribution in [3.63, 3.8) is 0 Å². The van der Waals surface area contributed by atoms with Gasteiger partial charge in [0.25, 0.3) is 5.91 Å². The highest BCUT2D eigenvalue weighted by Gasteiger charge is 2.04. The van der Waals surface area contributed by atoms with Crippen LogP contribution in [0.2, 0.25) is 5.02 Å². The second-order valence-electron chi connectivity index (χ2n) is 3.93. The second-order valence-corrected chi connectivity index (χ2v) is 4.37. The molecule has 0 bridgehead atoms. The number of hydrazone groups is 1. The van der Waals surface area contributed by atoms with Crippen molar-refractivity contribution < 1.29 is 9.53 Å². The molecule has 98 valence electrons. The molecule has 0 unspecified atom stereocenters. The summed E-state index contributed by atoms with van der Waals surface area (Å²) in [5, 5.41) is 4.55. The first-order valence-electron chi connectivity index (χ1n) is 5.74. The molecule has 0 aromatic heterocycles. The molecular formula is C13H17ClN2O2. The van der Waals surface area contributed by atoms with Crippen LogP contribution in [0.5, 0.6) is 5.75 Å². The van der Waals surface area contributed by atoms with Gasteiger partial charge in [-0.3, -0.25) is 4.79 Å². The highest BCUT2D eigenvalue weighted by atomic mass is 35.5. The van der Waals surface area contributed by atoms with Gasteiger partial charge in [0, 0.05) is 10.7 Å². The van der Waals surface area contributed by atoms with Crippen molar-refractivity contribution in [1.82, 2.24) is 5.43 Å². The number of nitrogens with one attached hydrogen (secondary N) is 1. The molecule has 0 aliphatic heterocycles. The van der Waals surface area contributed by atoms with Crippen LogP contribution in [-0.2, 0) is 4.79 Å². The minimum atomic E-state index is -0.280. The summed E-state index contributed by atoms with van der Waals surface area (Å²) in [4.78, 5) is 11.4. The summed E-state index contributed by atoms with van der Waals surface area (Å²) in [5.41, 5.74) is 4.19. The number of aryl methyl sites for hydroxylation is 1. The third kappa shape index (κ3) is 4.75. The van der Waals surface area contributed by atoms with Gasteiger partial charge in [-0.25, -0.2) is 5.43 Å². The molecule has 0 fully saturated rings. The average Bonchev–Trinajstić information content (AvgIpc) is 2.34. The van der Waals surface area contributed by atoms with Crippen LogP contribution in [-0.4, -0.2) is 18.2 Å². The second kappa shape index (κ2) is 7.01. The summed E-state index contributed by atoms with van der Waals surface area (Å²) in [7, 11) is 0. The number of ether oxygens (including phenoxy) is 1. The van der Waals surface area contributed by atoms with Crippen LogP contribution < -0.4 is 10.2 Å². The van der Waals surface area contributed by atoms with Crippen LogP contribution in [0.3, 0.4) is 0 Å². The van der Waals surface area contributed by atoms with Gasteiger partial charge in [0.15, 0.2) is 6.61 Å². The predicted octanol–water partition coefficient (Wildman–Crippen LogP) is 2.93. The van der Waals surface area contributed by atoms with E-state index in [9.17, 15) is 4.79 Å². The lowest BCUT2D eigenvalue weighted by atomic mass is 10.2. The molecule has 1 aromatic carbocycles. The lowest BCUT2D eigenvalue weighted by Gasteiger charge is -2.08. The Morgan fingerprint density at radius 2 is 2.22 bits per heavy atom. The van der Waals surface area contributed by atoms with Crippen molar-refractivity contribution >= 4 is 23.2 Å². The minimum absolute atomic E-state index is 0.0665. The molecule has 0 saturated carbocycles. The molecule has 5 heteroatoms. The molecule has 1 N–H and O–H groups in total. The van der Waals surface area contributed by atoms with Gasteiger partial charge in [0.1, 0.15) is 5.75 Å². The summed E-state index contributed by atoms with van der Waals surface area (Å²) >= 11 is 5.83. The van der Waals surface area contributed by atoms with E-state index in [1.807, 2.05) is 20.8 Å². The van der Waals surface area contributed by atoms with E-state index in [0.717, 1.165) is 17.7 Å². The van der Waals surface area contributed by atoms with E-state index in [4.69, 9.17) is 16.3 Å². The van der Waals surface area contributed by atoms with E-state index in [2.05, 4.69) is 10.5 Å². The number of carbonyl (C=O) groups is 1. The van der Waals surface area contributed by atoms with Gasteiger partial charge in [-0.2, -0.15) is 5.10 Å². The zero-order valence-corrected chi connectivity index (χ0v) is 11.5. The Morgan fingerprint density at radius 1 is 1.50 bits per heavy atom. The quantitative estimate of drug-likeness (QED) is 0.659. The minimum Gasteiger partial charge on any atom is -0.483 e. The number of amides is 1. The maximum Gasteiger partial charge on any atom is 0.277 e. The van der Waals surface area contributed by atoms with E-state index >= 15 is 0 Å².